The fourth-order valence-electron chi connectivity index (χ4n) is 3.53. The van der Waals surface area contributed by atoms with Gasteiger partial charge in [-0.05, 0) is 57.9 Å². The number of carbonyl (C=O) groups excluding carboxylic acids is 1. The van der Waals surface area contributed by atoms with Crippen molar-refractivity contribution in [2.24, 2.45) is 10.9 Å². The zero-order valence-electron chi connectivity index (χ0n) is 21.1. The van der Waals surface area contributed by atoms with Gasteiger partial charge in [-0.1, -0.05) is 19.1 Å². The van der Waals surface area contributed by atoms with E-state index in [2.05, 4.69) is 44.7 Å². The Morgan fingerprint density at radius 1 is 1.12 bits per heavy atom. The number of benzene rings is 1. The molecule has 1 heterocycles. The molecule has 0 bridgehead atoms. The van der Waals surface area contributed by atoms with Crippen molar-refractivity contribution in [2.75, 3.05) is 65.2 Å². The number of piperazine rings is 1. The van der Waals surface area contributed by atoms with Crippen LogP contribution in [0.1, 0.15) is 33.3 Å². The molecule has 188 valence electrons. The Labute approximate surface area is 216 Å². The smallest absolute Gasteiger partial charge is 0.412 e. The molecule has 1 fully saturated rings. The van der Waals surface area contributed by atoms with Gasteiger partial charge >= 0.3 is 6.09 Å². The molecule has 1 amide bonds. The Balaban J connectivity index is 0.00000544. The summed E-state index contributed by atoms with van der Waals surface area (Å²) < 4.78 is 5.28. The molecule has 1 atom stereocenters. The Hall–Kier alpha value is -1.59. The lowest BCUT2D eigenvalue weighted by molar-refractivity contribution is 0.0636. The minimum atomic E-state index is -0.509. The number of carbonyl (C=O) groups is 1. The van der Waals surface area contributed by atoms with Gasteiger partial charge in [0, 0.05) is 58.5 Å². The van der Waals surface area contributed by atoms with Gasteiger partial charge < -0.3 is 25.2 Å². The predicted molar refractivity (Wildman–Crippen MR) is 148 cm³/mol. The van der Waals surface area contributed by atoms with Gasteiger partial charge in [0.05, 0.1) is 0 Å². The quantitative estimate of drug-likeness (QED) is 0.252. The van der Waals surface area contributed by atoms with E-state index in [-0.39, 0.29) is 24.0 Å². The Kier molecular flexibility index (Phi) is 13.0. The van der Waals surface area contributed by atoms with Crippen molar-refractivity contribution in [3.63, 3.8) is 0 Å². The van der Waals surface area contributed by atoms with Crippen LogP contribution in [0.2, 0.25) is 0 Å². The molecule has 33 heavy (non-hydrogen) atoms. The topological polar surface area (TPSA) is 81.2 Å². The number of ether oxygens (including phenoxy) is 1. The summed E-state index contributed by atoms with van der Waals surface area (Å²) >= 11 is 0. The summed E-state index contributed by atoms with van der Waals surface area (Å²) in [4.78, 5) is 21.1. The Morgan fingerprint density at radius 3 is 2.33 bits per heavy atom. The summed E-state index contributed by atoms with van der Waals surface area (Å²) in [6.45, 7) is 15.2. The van der Waals surface area contributed by atoms with E-state index in [1.165, 1.54) is 5.56 Å². The molecule has 3 N–H and O–H groups in total. The zero-order valence-corrected chi connectivity index (χ0v) is 23.4. The third-order valence-corrected chi connectivity index (χ3v) is 5.31. The predicted octanol–water partition coefficient (Wildman–Crippen LogP) is 3.24. The van der Waals surface area contributed by atoms with Gasteiger partial charge in [0.2, 0.25) is 0 Å². The highest BCUT2D eigenvalue weighted by Gasteiger charge is 2.17. The average molecular weight is 575 g/mol. The number of nitrogens with zero attached hydrogens (tertiary/aromatic N) is 3. The summed E-state index contributed by atoms with van der Waals surface area (Å²) in [5, 5.41) is 9.58. The van der Waals surface area contributed by atoms with Crippen molar-refractivity contribution >= 4 is 41.7 Å². The lowest BCUT2D eigenvalue weighted by Crippen LogP contribution is -2.47. The monoisotopic (exact) mass is 574 g/mol. The average Bonchev–Trinajstić information content (AvgIpc) is 2.72. The SMILES string of the molecule is CN=C(NCCc1ccc(NC(=O)OC(C)(C)C)cc1)NCC(C)CN1CCN(C)CC1.I. The van der Waals surface area contributed by atoms with E-state index in [9.17, 15) is 4.79 Å². The van der Waals surface area contributed by atoms with Crippen LogP contribution in [0.5, 0.6) is 0 Å². The first kappa shape index (κ1) is 29.4. The second-order valence-corrected chi connectivity index (χ2v) is 9.66. The molecule has 0 radical (unpaired) electrons. The van der Waals surface area contributed by atoms with Crippen LogP contribution < -0.4 is 16.0 Å². The summed E-state index contributed by atoms with van der Waals surface area (Å²) in [5.41, 5.74) is 1.40. The number of amides is 1. The first-order valence-electron chi connectivity index (χ1n) is 11.6. The van der Waals surface area contributed by atoms with Gasteiger partial charge in [0.15, 0.2) is 5.96 Å². The maximum Gasteiger partial charge on any atom is 0.412 e. The van der Waals surface area contributed by atoms with Crippen molar-refractivity contribution in [3.05, 3.63) is 29.8 Å². The highest BCUT2D eigenvalue weighted by Crippen LogP contribution is 2.13. The Morgan fingerprint density at radius 2 is 1.76 bits per heavy atom. The minimum Gasteiger partial charge on any atom is -0.444 e. The second kappa shape index (κ2) is 14.6. The third-order valence-electron chi connectivity index (χ3n) is 5.31. The highest BCUT2D eigenvalue weighted by atomic mass is 127. The fraction of sp³-hybridized carbons (Fsp3) is 0.667. The van der Waals surface area contributed by atoms with Crippen LogP contribution in [0.3, 0.4) is 0 Å². The lowest BCUT2D eigenvalue weighted by Gasteiger charge is -2.34. The fourth-order valence-corrected chi connectivity index (χ4v) is 3.53. The third kappa shape index (κ3) is 12.4. The maximum absolute atomic E-state index is 11.9. The first-order valence-corrected chi connectivity index (χ1v) is 11.6. The molecule has 9 heteroatoms. The summed E-state index contributed by atoms with van der Waals surface area (Å²) in [5.74, 6) is 1.39. The van der Waals surface area contributed by atoms with Crippen LogP contribution in [0, 0.1) is 5.92 Å². The molecule has 1 aliphatic rings. The van der Waals surface area contributed by atoms with E-state index in [1.807, 2.05) is 45.0 Å². The van der Waals surface area contributed by atoms with E-state index in [1.54, 1.807) is 7.05 Å². The molecule has 1 aliphatic heterocycles. The zero-order chi connectivity index (χ0) is 23.6. The molecule has 2 rings (SSSR count). The number of halogens is 1. The number of hydrogen-bond donors (Lipinski definition) is 3. The normalized spacial score (nSPS) is 16.5. The van der Waals surface area contributed by atoms with E-state index in [0.29, 0.717) is 5.92 Å². The van der Waals surface area contributed by atoms with Gasteiger partial charge in [0.1, 0.15) is 5.60 Å². The van der Waals surface area contributed by atoms with Gasteiger partial charge in [-0.25, -0.2) is 4.79 Å². The molecule has 0 aromatic heterocycles. The molecule has 8 nitrogen and oxygen atoms in total. The number of likely N-dealkylation sites (N-methyl/N-ethyl adjacent to an activating group) is 1. The van der Waals surface area contributed by atoms with Crippen molar-refractivity contribution in [1.29, 1.82) is 0 Å². The van der Waals surface area contributed by atoms with Crippen molar-refractivity contribution in [2.45, 2.75) is 39.7 Å². The molecule has 1 aromatic rings. The van der Waals surface area contributed by atoms with Crippen molar-refractivity contribution in [1.82, 2.24) is 20.4 Å². The van der Waals surface area contributed by atoms with Gasteiger partial charge in [-0.15, -0.1) is 24.0 Å². The van der Waals surface area contributed by atoms with Crippen molar-refractivity contribution in [3.8, 4) is 0 Å². The summed E-state index contributed by atoms with van der Waals surface area (Å²) in [6, 6.07) is 7.82. The second-order valence-electron chi connectivity index (χ2n) is 9.66. The highest BCUT2D eigenvalue weighted by molar-refractivity contribution is 14.0. The van der Waals surface area contributed by atoms with Crippen LogP contribution in [0.4, 0.5) is 10.5 Å². The largest absolute Gasteiger partial charge is 0.444 e. The van der Waals surface area contributed by atoms with Gasteiger partial charge in [-0.3, -0.25) is 10.3 Å². The summed E-state index contributed by atoms with van der Waals surface area (Å²) in [6.07, 6.45) is 0.424. The minimum absolute atomic E-state index is 0. The molecule has 1 saturated heterocycles. The van der Waals surface area contributed by atoms with E-state index < -0.39 is 11.7 Å². The summed E-state index contributed by atoms with van der Waals surface area (Å²) in [7, 11) is 3.99. The van der Waals surface area contributed by atoms with Crippen LogP contribution in [-0.2, 0) is 11.2 Å². The van der Waals surface area contributed by atoms with Crippen molar-refractivity contribution < 1.29 is 9.53 Å². The molecule has 0 aliphatic carbocycles. The molecule has 1 unspecified atom stereocenters. The van der Waals surface area contributed by atoms with E-state index >= 15 is 0 Å². The number of hydrogen-bond acceptors (Lipinski definition) is 5. The lowest BCUT2D eigenvalue weighted by atomic mass is 10.1. The van der Waals surface area contributed by atoms with Crippen LogP contribution in [0.15, 0.2) is 29.3 Å². The standard InChI is InChI=1S/C24H42N6O2.HI/c1-19(18-30-15-13-29(6)14-16-30)17-27-22(25-5)26-12-11-20-7-9-21(10-8-20)28-23(31)32-24(2,3)4;/h7-10,19H,11-18H2,1-6H3,(H,28,31)(H2,25,26,27);1H. The molecule has 0 spiro atoms. The maximum atomic E-state index is 11.9. The Bertz CT molecular complexity index is 727. The molecular weight excluding hydrogens is 531 g/mol. The number of rotatable bonds is 8. The van der Waals surface area contributed by atoms with Crippen LogP contribution in [0.25, 0.3) is 0 Å². The van der Waals surface area contributed by atoms with E-state index in [4.69, 9.17) is 4.74 Å². The first-order chi connectivity index (χ1) is 15.1. The number of guanidine groups is 1. The number of nitrogens with one attached hydrogen (secondary N) is 3. The number of aliphatic imine (C=N–C) groups is 1. The molecule has 0 saturated carbocycles. The molecule has 1 aromatic carbocycles. The number of anilines is 1. The van der Waals surface area contributed by atoms with Crippen LogP contribution in [-0.4, -0.2) is 87.4 Å². The van der Waals surface area contributed by atoms with Crippen LogP contribution >= 0.6 is 24.0 Å². The van der Waals surface area contributed by atoms with E-state index in [0.717, 1.165) is 63.9 Å². The molecular formula is C24H43IN6O2. The van der Waals surface area contributed by atoms with Gasteiger partial charge in [-0.2, -0.15) is 0 Å². The van der Waals surface area contributed by atoms with Gasteiger partial charge in [0.25, 0.3) is 0 Å².